The van der Waals surface area contributed by atoms with Gasteiger partial charge in [-0.3, -0.25) is 4.79 Å². The minimum Gasteiger partial charge on any atom is -0.492 e. The summed E-state index contributed by atoms with van der Waals surface area (Å²) in [7, 11) is 1.96. The largest absolute Gasteiger partial charge is 0.492 e. The van der Waals surface area contributed by atoms with E-state index >= 15 is 0 Å². The lowest BCUT2D eigenvalue weighted by atomic mass is 9.74. The molecule has 36 heavy (non-hydrogen) atoms. The van der Waals surface area contributed by atoms with Gasteiger partial charge in [-0.1, -0.05) is 35.9 Å². The molecule has 0 aliphatic carbocycles. The Kier molecular flexibility index (Phi) is 6.22. The number of ether oxygens (including phenoxy) is 1. The Balaban J connectivity index is 1.02. The number of aromatic nitrogens is 1. The van der Waals surface area contributed by atoms with Gasteiger partial charge in [0.25, 0.3) is 5.91 Å². The van der Waals surface area contributed by atoms with Crippen molar-refractivity contribution in [3.8, 4) is 5.75 Å². The number of aryl methyl sites for hydroxylation is 1. The monoisotopic (exact) mass is 507 g/mol. The zero-order valence-corrected chi connectivity index (χ0v) is 21.6. The van der Waals surface area contributed by atoms with Crippen LogP contribution in [-0.4, -0.2) is 70.8 Å². The Bertz CT molecular complexity index is 1270. The lowest BCUT2D eigenvalue weighted by Crippen LogP contribution is -2.48. The van der Waals surface area contributed by atoms with Crippen LogP contribution in [0.5, 0.6) is 5.75 Å². The topological polar surface area (TPSA) is 57.9 Å². The smallest absolute Gasteiger partial charge is 0.270 e. The van der Waals surface area contributed by atoms with E-state index in [1.807, 2.05) is 59.0 Å². The van der Waals surface area contributed by atoms with Crippen LogP contribution >= 0.6 is 11.6 Å². The molecule has 2 saturated heterocycles. The minimum atomic E-state index is -0.361. The van der Waals surface area contributed by atoms with Crippen LogP contribution in [0, 0.1) is 5.92 Å². The van der Waals surface area contributed by atoms with Gasteiger partial charge >= 0.3 is 0 Å². The summed E-state index contributed by atoms with van der Waals surface area (Å²) in [6.45, 7) is 4.74. The first-order chi connectivity index (χ1) is 17.4. The van der Waals surface area contributed by atoms with Crippen molar-refractivity contribution in [2.24, 2.45) is 13.0 Å². The number of aliphatic hydroxyl groups is 1. The molecular weight excluding hydrogens is 474 g/mol. The molecule has 7 heteroatoms. The number of aliphatic hydroxyl groups excluding tert-OH is 1. The fraction of sp³-hybridized carbons (Fsp3) is 0.483. The maximum absolute atomic E-state index is 13.2. The normalized spacial score (nSPS) is 21.0. The molecule has 1 spiro atoms. The van der Waals surface area contributed by atoms with Gasteiger partial charge in [0.1, 0.15) is 11.4 Å². The van der Waals surface area contributed by atoms with Crippen molar-refractivity contribution < 1.29 is 14.6 Å². The molecule has 1 atom stereocenters. The van der Waals surface area contributed by atoms with Crippen molar-refractivity contribution in [3.63, 3.8) is 0 Å². The highest BCUT2D eigenvalue weighted by Gasteiger charge is 2.43. The van der Waals surface area contributed by atoms with Gasteiger partial charge in [0, 0.05) is 53.6 Å². The number of halogens is 1. The van der Waals surface area contributed by atoms with E-state index in [4.69, 9.17) is 16.3 Å². The summed E-state index contributed by atoms with van der Waals surface area (Å²) >= 11 is 6.15. The zero-order valence-electron chi connectivity index (χ0n) is 20.8. The molecule has 2 fully saturated rings. The molecule has 3 aliphatic heterocycles. The summed E-state index contributed by atoms with van der Waals surface area (Å²) in [5, 5.41) is 12.9. The third kappa shape index (κ3) is 4.19. The second-order valence-electron chi connectivity index (χ2n) is 10.9. The van der Waals surface area contributed by atoms with Crippen LogP contribution in [0.1, 0.15) is 41.7 Å². The van der Waals surface area contributed by atoms with Gasteiger partial charge in [0.2, 0.25) is 0 Å². The van der Waals surface area contributed by atoms with Crippen molar-refractivity contribution in [2.75, 3.05) is 39.3 Å². The number of carbonyl (C=O) groups is 1. The molecule has 2 aromatic carbocycles. The average molecular weight is 508 g/mol. The fourth-order valence-electron chi connectivity index (χ4n) is 6.48. The quantitative estimate of drug-likeness (QED) is 0.566. The zero-order chi connectivity index (χ0) is 24.9. The van der Waals surface area contributed by atoms with Crippen molar-refractivity contribution in [2.45, 2.75) is 37.2 Å². The first kappa shape index (κ1) is 23.8. The first-order valence-corrected chi connectivity index (χ1v) is 13.5. The number of benzene rings is 2. The van der Waals surface area contributed by atoms with Gasteiger partial charge < -0.3 is 24.2 Å². The summed E-state index contributed by atoms with van der Waals surface area (Å²) in [4.78, 5) is 17.6. The summed E-state index contributed by atoms with van der Waals surface area (Å²) in [5.41, 5.74) is 3.17. The number of hydrogen-bond acceptors (Lipinski definition) is 4. The molecule has 1 aromatic heterocycles. The number of amides is 1. The fourth-order valence-corrected chi connectivity index (χ4v) is 6.64. The Labute approximate surface area is 217 Å². The third-order valence-electron chi connectivity index (χ3n) is 8.82. The second-order valence-corrected chi connectivity index (χ2v) is 11.3. The van der Waals surface area contributed by atoms with Crippen LogP contribution < -0.4 is 4.74 Å². The van der Waals surface area contributed by atoms with Crippen LogP contribution in [0.4, 0.5) is 0 Å². The Morgan fingerprint density at radius 2 is 1.86 bits per heavy atom. The van der Waals surface area contributed by atoms with Gasteiger partial charge in [0.15, 0.2) is 0 Å². The number of likely N-dealkylation sites (tertiary alicyclic amines) is 2. The second kappa shape index (κ2) is 9.40. The first-order valence-electron chi connectivity index (χ1n) is 13.1. The number of rotatable bonds is 4. The number of fused-ring (bicyclic) bond motifs is 3. The number of piperidine rings is 2. The van der Waals surface area contributed by atoms with E-state index in [0.29, 0.717) is 19.6 Å². The van der Waals surface area contributed by atoms with Gasteiger partial charge in [-0.2, -0.15) is 0 Å². The third-order valence-corrected chi connectivity index (χ3v) is 9.05. The van der Waals surface area contributed by atoms with Crippen molar-refractivity contribution in [1.82, 2.24) is 14.4 Å². The van der Waals surface area contributed by atoms with Crippen LogP contribution in [0.3, 0.4) is 0 Å². The molecule has 0 radical (unpaired) electrons. The molecule has 0 unspecified atom stereocenters. The van der Waals surface area contributed by atoms with E-state index in [2.05, 4.69) is 11.0 Å². The molecule has 0 saturated carbocycles. The maximum Gasteiger partial charge on any atom is 0.270 e. The van der Waals surface area contributed by atoms with Crippen LogP contribution in [0.15, 0.2) is 48.5 Å². The molecule has 3 aromatic rings. The Morgan fingerprint density at radius 1 is 1.11 bits per heavy atom. The van der Waals surface area contributed by atoms with Crippen LogP contribution in [-0.2, 0) is 12.5 Å². The maximum atomic E-state index is 13.2. The van der Waals surface area contributed by atoms with E-state index < -0.39 is 0 Å². The lowest BCUT2D eigenvalue weighted by Gasteiger charge is -2.41. The SMILES string of the molecule is Cn1c(C(=O)N2CCC([C@H](O)CN3CCC4(CC3)COc3cc(Cl)ccc34)CC2)cc2ccccc21. The summed E-state index contributed by atoms with van der Waals surface area (Å²) < 4.78 is 7.97. The Morgan fingerprint density at radius 3 is 2.61 bits per heavy atom. The predicted octanol–water partition coefficient (Wildman–Crippen LogP) is 4.47. The molecule has 190 valence electrons. The molecule has 3 aliphatic rings. The van der Waals surface area contributed by atoms with E-state index in [-0.39, 0.29) is 23.3 Å². The highest BCUT2D eigenvalue weighted by Crippen LogP contribution is 2.46. The Hall–Kier alpha value is -2.54. The predicted molar refractivity (Wildman–Crippen MR) is 142 cm³/mol. The molecule has 1 N–H and O–H groups in total. The van der Waals surface area contributed by atoms with Crippen LogP contribution in [0.2, 0.25) is 5.02 Å². The minimum absolute atomic E-state index is 0.0782. The van der Waals surface area contributed by atoms with E-state index in [1.165, 1.54) is 5.56 Å². The summed E-state index contributed by atoms with van der Waals surface area (Å²) in [6.07, 6.45) is 3.39. The molecule has 4 heterocycles. The highest BCUT2D eigenvalue weighted by atomic mass is 35.5. The number of carbonyl (C=O) groups excluding carboxylic acids is 1. The van der Waals surface area contributed by atoms with Gasteiger partial charge in [0.05, 0.1) is 12.7 Å². The van der Waals surface area contributed by atoms with Crippen molar-refractivity contribution in [3.05, 3.63) is 64.8 Å². The summed E-state index contributed by atoms with van der Waals surface area (Å²) in [5.74, 6) is 1.25. The molecular formula is C29H34ClN3O3. The molecule has 6 rings (SSSR count). The number of para-hydroxylation sites is 1. The average Bonchev–Trinajstić information content (AvgIpc) is 3.42. The molecule has 0 bridgehead atoms. The lowest BCUT2D eigenvalue weighted by molar-refractivity contribution is 0.0180. The molecule has 6 nitrogen and oxygen atoms in total. The van der Waals surface area contributed by atoms with Gasteiger partial charge in [-0.05, 0) is 69.0 Å². The van der Waals surface area contributed by atoms with Gasteiger partial charge in [-0.25, -0.2) is 0 Å². The van der Waals surface area contributed by atoms with Gasteiger partial charge in [-0.15, -0.1) is 0 Å². The summed E-state index contributed by atoms with van der Waals surface area (Å²) in [6, 6.07) is 16.1. The van der Waals surface area contributed by atoms with Crippen molar-refractivity contribution >= 4 is 28.4 Å². The standard InChI is InChI=1S/C29H34ClN3O3/c1-31-24-5-3-2-4-21(24)16-25(31)28(35)33-12-8-20(9-13-33)26(34)18-32-14-10-29(11-15-32)19-36-27-17-22(30)6-7-23(27)29/h2-7,16-17,20,26,34H,8-15,18-19H2,1H3/t26-/m1/s1. The van der Waals surface area contributed by atoms with E-state index in [0.717, 1.165) is 72.7 Å². The number of β-amino-alcohol motifs (C(OH)–C–C–N with tert-alkyl or cyclic N) is 1. The van der Waals surface area contributed by atoms with E-state index in [9.17, 15) is 9.90 Å². The van der Waals surface area contributed by atoms with Crippen molar-refractivity contribution in [1.29, 1.82) is 0 Å². The molecule has 1 amide bonds. The van der Waals surface area contributed by atoms with E-state index in [1.54, 1.807) is 0 Å². The number of nitrogens with zero attached hydrogens (tertiary/aromatic N) is 3. The number of hydrogen-bond donors (Lipinski definition) is 1. The highest BCUT2D eigenvalue weighted by molar-refractivity contribution is 6.30. The van der Waals surface area contributed by atoms with Crippen LogP contribution in [0.25, 0.3) is 10.9 Å².